The van der Waals surface area contributed by atoms with Crippen LogP contribution in [0.5, 0.6) is 11.5 Å². The van der Waals surface area contributed by atoms with E-state index in [1.165, 1.54) is 24.3 Å². The maximum absolute atomic E-state index is 14.5. The van der Waals surface area contributed by atoms with Gasteiger partial charge in [-0.15, -0.1) is 0 Å². The molecule has 3 aromatic rings. The number of esters is 2. The van der Waals surface area contributed by atoms with Crippen LogP contribution >= 0.6 is 0 Å². The van der Waals surface area contributed by atoms with E-state index in [1.807, 2.05) is 0 Å². The van der Waals surface area contributed by atoms with Gasteiger partial charge in [0.15, 0.2) is 11.6 Å². The van der Waals surface area contributed by atoms with E-state index in [0.717, 1.165) is 12.2 Å². The van der Waals surface area contributed by atoms with Gasteiger partial charge in [-0.05, 0) is 48.5 Å². The molecule has 3 aromatic carbocycles. The summed E-state index contributed by atoms with van der Waals surface area (Å²) in [6.45, 7) is 6.63. The molecule has 0 heterocycles. The smallest absolute Gasteiger partial charge is 0.335 e. The van der Waals surface area contributed by atoms with Gasteiger partial charge in [-0.3, -0.25) is 0 Å². The predicted molar refractivity (Wildman–Crippen MR) is 123 cm³/mol. The lowest BCUT2D eigenvalue weighted by molar-refractivity contribution is -0.129. The summed E-state index contributed by atoms with van der Waals surface area (Å²) in [4.78, 5) is 22.6. The number of carbonyl (C=O) groups excluding carboxylic acids is 2. The molecule has 0 spiro atoms. The van der Waals surface area contributed by atoms with E-state index in [2.05, 4.69) is 36.8 Å². The molecule has 0 atom stereocenters. The Hall–Kier alpha value is -4.94. The van der Waals surface area contributed by atoms with E-state index >= 15 is 0 Å². The van der Waals surface area contributed by atoms with E-state index in [4.69, 9.17) is 9.47 Å². The number of hydrogen-bond acceptors (Lipinski definition) is 4. The van der Waals surface area contributed by atoms with Crippen LogP contribution in [0.1, 0.15) is 22.3 Å². The fraction of sp³-hybridized carbons (Fsp3) is 0. The lowest BCUT2D eigenvalue weighted by atomic mass is 10.1. The molecule has 0 amide bonds. The van der Waals surface area contributed by atoms with Crippen LogP contribution in [-0.2, 0) is 9.59 Å². The molecule has 0 aliphatic carbocycles. The van der Waals surface area contributed by atoms with Crippen LogP contribution in [0, 0.1) is 35.3 Å². The highest BCUT2D eigenvalue weighted by Crippen LogP contribution is 2.17. The van der Waals surface area contributed by atoms with E-state index in [0.29, 0.717) is 11.1 Å². The van der Waals surface area contributed by atoms with Crippen LogP contribution in [0.3, 0.4) is 0 Å². The van der Waals surface area contributed by atoms with Gasteiger partial charge in [-0.1, -0.05) is 49.0 Å². The second kappa shape index (κ2) is 11.1. The Morgan fingerprint density at radius 1 is 0.676 bits per heavy atom. The molecule has 0 aliphatic heterocycles. The van der Waals surface area contributed by atoms with Gasteiger partial charge >= 0.3 is 11.9 Å². The second-order valence-corrected chi connectivity index (χ2v) is 6.59. The topological polar surface area (TPSA) is 52.6 Å². The van der Waals surface area contributed by atoms with Gasteiger partial charge in [0.1, 0.15) is 11.5 Å². The Morgan fingerprint density at radius 3 is 1.47 bits per heavy atom. The molecule has 0 N–H and O–H groups in total. The molecule has 34 heavy (non-hydrogen) atoms. The number of ether oxygens (including phenoxy) is 2. The predicted octanol–water partition coefficient (Wildman–Crippen LogP) is 4.95. The minimum atomic E-state index is -1.14. The number of halogens is 2. The highest BCUT2D eigenvalue weighted by Gasteiger charge is 2.11. The Labute approximate surface area is 195 Å². The monoisotopic (exact) mass is 454 g/mol. The fourth-order valence-corrected chi connectivity index (χ4v) is 2.61. The van der Waals surface area contributed by atoms with Crippen molar-refractivity contribution < 1.29 is 27.8 Å². The summed E-state index contributed by atoms with van der Waals surface area (Å²) in [5, 5.41) is 0. The summed E-state index contributed by atoms with van der Waals surface area (Å²) in [7, 11) is 0. The molecule has 166 valence electrons. The number of carbonyl (C=O) groups is 2. The van der Waals surface area contributed by atoms with Crippen molar-refractivity contribution in [3.63, 3.8) is 0 Å². The van der Waals surface area contributed by atoms with Crippen molar-refractivity contribution in [2.24, 2.45) is 0 Å². The first-order valence-electron chi connectivity index (χ1n) is 9.80. The number of hydrogen-bond donors (Lipinski definition) is 0. The summed E-state index contributed by atoms with van der Waals surface area (Å²) >= 11 is 0. The summed E-state index contributed by atoms with van der Waals surface area (Å²) in [5.74, 6) is 7.52. The molecule has 0 saturated carbocycles. The molecule has 0 aromatic heterocycles. The number of rotatable bonds is 4. The van der Waals surface area contributed by atoms with Gasteiger partial charge in [0.2, 0.25) is 0 Å². The van der Waals surface area contributed by atoms with Crippen LogP contribution in [0.2, 0.25) is 0 Å². The maximum Gasteiger partial charge on any atom is 0.335 e. The minimum absolute atomic E-state index is 0.158. The van der Waals surface area contributed by atoms with Crippen LogP contribution in [0.4, 0.5) is 8.78 Å². The summed E-state index contributed by atoms with van der Waals surface area (Å²) < 4.78 is 39.1. The number of benzene rings is 3. The van der Waals surface area contributed by atoms with Crippen LogP contribution in [0.15, 0.2) is 86.0 Å². The molecule has 4 nitrogen and oxygen atoms in total. The van der Waals surface area contributed by atoms with Gasteiger partial charge in [0.25, 0.3) is 0 Å². The lowest BCUT2D eigenvalue weighted by Gasteiger charge is -2.02. The highest BCUT2D eigenvalue weighted by atomic mass is 19.2. The molecule has 0 saturated heterocycles. The van der Waals surface area contributed by atoms with Gasteiger partial charge in [-0.25, -0.2) is 18.4 Å². The highest BCUT2D eigenvalue weighted by molar-refractivity contribution is 5.83. The van der Waals surface area contributed by atoms with Crippen LogP contribution in [0.25, 0.3) is 0 Å². The third-order valence-electron chi connectivity index (χ3n) is 4.20. The van der Waals surface area contributed by atoms with Crippen molar-refractivity contribution in [2.45, 2.75) is 0 Å². The first kappa shape index (κ1) is 23.7. The first-order valence-corrected chi connectivity index (χ1v) is 9.80. The summed E-state index contributed by atoms with van der Waals surface area (Å²) in [6, 6.07) is 15.2. The molecule has 0 aliphatic rings. The van der Waals surface area contributed by atoms with E-state index < -0.39 is 23.6 Å². The second-order valence-electron chi connectivity index (χ2n) is 6.59. The Bertz CT molecular complexity index is 1310. The maximum atomic E-state index is 14.5. The molecule has 0 fully saturated rings. The van der Waals surface area contributed by atoms with Gasteiger partial charge in [-0.2, -0.15) is 0 Å². The zero-order valence-corrected chi connectivity index (χ0v) is 17.7. The zero-order valence-electron chi connectivity index (χ0n) is 17.7. The van der Waals surface area contributed by atoms with E-state index in [9.17, 15) is 18.4 Å². The fourth-order valence-electron chi connectivity index (χ4n) is 2.61. The lowest BCUT2D eigenvalue weighted by Crippen LogP contribution is -2.02. The van der Waals surface area contributed by atoms with Crippen molar-refractivity contribution in [2.75, 3.05) is 0 Å². The Kier molecular flexibility index (Phi) is 7.73. The van der Waals surface area contributed by atoms with Crippen molar-refractivity contribution in [3.05, 3.63) is 120 Å². The van der Waals surface area contributed by atoms with Crippen molar-refractivity contribution in [1.29, 1.82) is 0 Å². The third kappa shape index (κ3) is 6.29. The summed E-state index contributed by atoms with van der Waals surface area (Å²) in [6.07, 6.45) is 2.05. The van der Waals surface area contributed by atoms with Crippen LogP contribution < -0.4 is 9.47 Å². The van der Waals surface area contributed by atoms with Gasteiger partial charge in [0, 0.05) is 23.3 Å². The standard InChI is InChI=1S/C28H16F2O4/c1-3-25(31)33-23-9-5-7-19(17-23)11-13-21-15-16-22(28(30)27(21)29)14-12-20-8-6-10-24(18-20)34-26(32)4-2/h3-10,15-18H,1-2H2. The largest absolute Gasteiger partial charge is 0.423 e. The molecule has 0 bridgehead atoms. The zero-order chi connectivity index (χ0) is 24.5. The molecule has 0 unspecified atom stereocenters. The van der Waals surface area contributed by atoms with E-state index in [1.54, 1.807) is 36.4 Å². The van der Waals surface area contributed by atoms with Gasteiger partial charge in [0.05, 0.1) is 11.1 Å². The van der Waals surface area contributed by atoms with Gasteiger partial charge < -0.3 is 9.47 Å². The molecule has 3 rings (SSSR count). The quantitative estimate of drug-likeness (QED) is 0.242. The molecule has 6 heteroatoms. The van der Waals surface area contributed by atoms with E-state index in [-0.39, 0.29) is 22.6 Å². The van der Waals surface area contributed by atoms with Crippen LogP contribution in [-0.4, -0.2) is 11.9 Å². The van der Waals surface area contributed by atoms with Crippen molar-refractivity contribution >= 4 is 11.9 Å². The van der Waals surface area contributed by atoms with Crippen molar-refractivity contribution in [3.8, 4) is 35.2 Å². The summed E-state index contributed by atoms with van der Waals surface area (Å²) in [5.41, 5.74) is 0.565. The van der Waals surface area contributed by atoms with Crippen molar-refractivity contribution in [1.82, 2.24) is 0 Å². The SMILES string of the molecule is C=CC(=O)Oc1cccc(C#Cc2ccc(C#Cc3cccc(OC(=O)C=C)c3)c(F)c2F)c1. The molecular weight excluding hydrogens is 438 g/mol. The Balaban J connectivity index is 1.82. The minimum Gasteiger partial charge on any atom is -0.423 e. The first-order chi connectivity index (χ1) is 16.4. The normalized spacial score (nSPS) is 9.47. The molecule has 0 radical (unpaired) electrons. The average molecular weight is 454 g/mol. The molecular formula is C28H16F2O4. The Morgan fingerprint density at radius 2 is 1.09 bits per heavy atom. The third-order valence-corrected chi connectivity index (χ3v) is 4.20. The average Bonchev–Trinajstić information content (AvgIpc) is 2.84.